The van der Waals surface area contributed by atoms with Crippen LogP contribution >= 0.6 is 0 Å². The molecule has 0 bridgehead atoms. The van der Waals surface area contributed by atoms with Crippen molar-refractivity contribution in [3.05, 3.63) is 29.8 Å². The maximum atomic E-state index is 9.34. The van der Waals surface area contributed by atoms with Crippen LogP contribution in [0, 0.1) is 6.92 Å². The van der Waals surface area contributed by atoms with Gasteiger partial charge in [-0.2, -0.15) is 0 Å². The molecule has 0 fully saturated rings. The Kier molecular flexibility index (Phi) is 4.97. The zero-order chi connectivity index (χ0) is 12.9. The second-order valence-corrected chi connectivity index (χ2v) is 4.87. The van der Waals surface area contributed by atoms with Crippen molar-refractivity contribution in [3.8, 4) is 5.75 Å². The summed E-state index contributed by atoms with van der Waals surface area (Å²) in [6.45, 7) is 6.15. The van der Waals surface area contributed by atoms with Crippen LogP contribution in [0.3, 0.4) is 0 Å². The highest BCUT2D eigenvalue weighted by Gasteiger charge is 2.24. The third kappa shape index (κ3) is 4.02. The van der Waals surface area contributed by atoms with E-state index in [0.717, 1.165) is 17.7 Å². The average Bonchev–Trinajstić information content (AvgIpc) is 2.32. The first-order chi connectivity index (χ1) is 8.00. The molecule has 0 radical (unpaired) electrons. The Labute approximate surface area is 104 Å². The molecule has 1 aromatic carbocycles. The third-order valence-electron chi connectivity index (χ3n) is 3.11. The predicted molar refractivity (Wildman–Crippen MR) is 70.4 cm³/mol. The molecule has 0 saturated heterocycles. The van der Waals surface area contributed by atoms with Gasteiger partial charge >= 0.3 is 0 Å². The van der Waals surface area contributed by atoms with Gasteiger partial charge in [-0.3, -0.25) is 0 Å². The highest BCUT2D eigenvalue weighted by molar-refractivity contribution is 5.31. The van der Waals surface area contributed by atoms with E-state index in [0.29, 0.717) is 0 Å². The predicted octanol–water partition coefficient (Wildman–Crippen LogP) is 2.12. The minimum absolute atomic E-state index is 0.0562. The quantitative estimate of drug-likeness (QED) is 0.796. The number of para-hydroxylation sites is 1. The number of likely N-dealkylation sites (N-methyl/N-ethyl adjacent to an activating group) is 1. The molecule has 0 spiro atoms. The maximum Gasteiger partial charge on any atom is 0.122 e. The lowest BCUT2D eigenvalue weighted by Gasteiger charge is -2.30. The van der Waals surface area contributed by atoms with E-state index in [-0.39, 0.29) is 18.2 Å². The Balaban J connectivity index is 2.61. The number of aliphatic hydroxyl groups is 1. The Bertz CT molecular complexity index is 348. The number of aliphatic hydroxyl groups excluding tert-OH is 1. The van der Waals surface area contributed by atoms with Gasteiger partial charge in [0.15, 0.2) is 0 Å². The summed E-state index contributed by atoms with van der Waals surface area (Å²) in [5, 5.41) is 12.5. The molecule has 0 aliphatic carbocycles. The molecule has 96 valence electrons. The van der Waals surface area contributed by atoms with E-state index in [9.17, 15) is 5.11 Å². The molecule has 0 aromatic heterocycles. The first-order valence-electron chi connectivity index (χ1n) is 6.03. The molecular formula is C14H23NO2. The van der Waals surface area contributed by atoms with Gasteiger partial charge in [-0.25, -0.2) is 0 Å². The van der Waals surface area contributed by atoms with E-state index in [1.165, 1.54) is 0 Å². The van der Waals surface area contributed by atoms with E-state index in [2.05, 4.69) is 5.32 Å². The Morgan fingerprint density at radius 1 is 1.41 bits per heavy atom. The fraction of sp³-hybridized carbons (Fsp3) is 0.571. The van der Waals surface area contributed by atoms with E-state index < -0.39 is 0 Å². The van der Waals surface area contributed by atoms with Crippen LogP contribution in [0.4, 0.5) is 0 Å². The summed E-state index contributed by atoms with van der Waals surface area (Å²) in [7, 11) is 1.86. The summed E-state index contributed by atoms with van der Waals surface area (Å²) in [6, 6.07) is 7.98. The van der Waals surface area contributed by atoms with Crippen LogP contribution in [0.25, 0.3) is 0 Å². The molecular weight excluding hydrogens is 214 g/mol. The number of hydrogen-bond acceptors (Lipinski definition) is 3. The normalized spacial score (nSPS) is 16.3. The topological polar surface area (TPSA) is 41.5 Å². The van der Waals surface area contributed by atoms with Crippen molar-refractivity contribution < 1.29 is 9.84 Å². The molecule has 0 aliphatic rings. The summed E-state index contributed by atoms with van der Waals surface area (Å²) in [4.78, 5) is 0. The molecule has 17 heavy (non-hydrogen) atoms. The summed E-state index contributed by atoms with van der Waals surface area (Å²) in [5.74, 6) is 0.913. The molecule has 2 unspecified atom stereocenters. The number of ether oxygens (including phenoxy) is 1. The minimum Gasteiger partial charge on any atom is -0.490 e. The lowest BCUT2D eigenvalue weighted by molar-refractivity contribution is 0.115. The molecule has 1 aromatic rings. The minimum atomic E-state index is -0.290. The number of benzene rings is 1. The smallest absolute Gasteiger partial charge is 0.122 e. The van der Waals surface area contributed by atoms with Crippen LogP contribution in [-0.4, -0.2) is 30.4 Å². The van der Waals surface area contributed by atoms with E-state index in [4.69, 9.17) is 4.74 Å². The molecule has 3 nitrogen and oxygen atoms in total. The van der Waals surface area contributed by atoms with Crippen molar-refractivity contribution in [1.29, 1.82) is 0 Å². The van der Waals surface area contributed by atoms with Gasteiger partial charge in [-0.15, -0.1) is 0 Å². The summed E-state index contributed by atoms with van der Waals surface area (Å²) < 4.78 is 5.89. The van der Waals surface area contributed by atoms with Gasteiger partial charge in [-0.1, -0.05) is 18.2 Å². The monoisotopic (exact) mass is 237 g/mol. The zero-order valence-electron chi connectivity index (χ0n) is 11.2. The second-order valence-electron chi connectivity index (χ2n) is 4.87. The second kappa shape index (κ2) is 6.03. The van der Waals surface area contributed by atoms with Crippen molar-refractivity contribution in [2.75, 3.05) is 13.7 Å². The summed E-state index contributed by atoms with van der Waals surface area (Å²) >= 11 is 0. The number of hydrogen-bond donors (Lipinski definition) is 2. The molecule has 2 N–H and O–H groups in total. The van der Waals surface area contributed by atoms with Crippen LogP contribution in [0.2, 0.25) is 0 Å². The SMILES string of the molecule is CNC(C)(CO)CC(C)Oc1ccccc1C. The molecule has 0 heterocycles. The Morgan fingerprint density at radius 2 is 2.06 bits per heavy atom. The van der Waals surface area contributed by atoms with Crippen LogP contribution in [0.15, 0.2) is 24.3 Å². The molecule has 0 aliphatic heterocycles. The van der Waals surface area contributed by atoms with Crippen molar-refractivity contribution in [1.82, 2.24) is 5.32 Å². The van der Waals surface area contributed by atoms with Gasteiger partial charge < -0.3 is 15.2 Å². The van der Waals surface area contributed by atoms with Gasteiger partial charge in [0, 0.05) is 12.0 Å². The molecule has 2 atom stereocenters. The number of aryl methyl sites for hydroxylation is 1. The molecule has 0 saturated carbocycles. The maximum absolute atomic E-state index is 9.34. The highest BCUT2D eigenvalue weighted by Crippen LogP contribution is 2.21. The van der Waals surface area contributed by atoms with Crippen LogP contribution in [0.1, 0.15) is 25.8 Å². The lowest BCUT2D eigenvalue weighted by atomic mass is 9.96. The standard InChI is InChI=1S/C14H23NO2/c1-11-7-5-6-8-13(11)17-12(2)9-14(3,10-16)15-4/h5-8,12,15-16H,9-10H2,1-4H3. The van der Waals surface area contributed by atoms with Gasteiger partial charge in [0.05, 0.1) is 12.7 Å². The van der Waals surface area contributed by atoms with E-state index in [1.807, 2.05) is 52.1 Å². The zero-order valence-corrected chi connectivity index (χ0v) is 11.2. The van der Waals surface area contributed by atoms with Crippen molar-refractivity contribution in [2.24, 2.45) is 0 Å². The first-order valence-corrected chi connectivity index (χ1v) is 6.03. The van der Waals surface area contributed by atoms with Gasteiger partial charge in [0.1, 0.15) is 5.75 Å². The third-order valence-corrected chi connectivity index (χ3v) is 3.11. The molecule has 0 amide bonds. The first kappa shape index (κ1) is 14.0. The highest BCUT2D eigenvalue weighted by atomic mass is 16.5. The van der Waals surface area contributed by atoms with Crippen molar-refractivity contribution in [2.45, 2.75) is 38.8 Å². The fourth-order valence-electron chi connectivity index (χ4n) is 1.83. The van der Waals surface area contributed by atoms with Crippen molar-refractivity contribution >= 4 is 0 Å². The summed E-state index contributed by atoms with van der Waals surface area (Å²) in [5.41, 5.74) is 0.844. The number of rotatable bonds is 6. The number of nitrogens with one attached hydrogen (secondary N) is 1. The van der Waals surface area contributed by atoms with Crippen molar-refractivity contribution in [3.63, 3.8) is 0 Å². The largest absolute Gasteiger partial charge is 0.490 e. The summed E-state index contributed by atoms with van der Waals surface area (Å²) in [6.07, 6.45) is 0.814. The van der Waals surface area contributed by atoms with Crippen LogP contribution in [-0.2, 0) is 0 Å². The fourth-order valence-corrected chi connectivity index (χ4v) is 1.83. The van der Waals surface area contributed by atoms with Crippen LogP contribution in [0.5, 0.6) is 5.75 Å². The Hall–Kier alpha value is -1.06. The van der Waals surface area contributed by atoms with Crippen LogP contribution < -0.4 is 10.1 Å². The van der Waals surface area contributed by atoms with Gasteiger partial charge in [0.25, 0.3) is 0 Å². The Morgan fingerprint density at radius 3 is 2.59 bits per heavy atom. The van der Waals surface area contributed by atoms with E-state index >= 15 is 0 Å². The van der Waals surface area contributed by atoms with Gasteiger partial charge in [0.2, 0.25) is 0 Å². The van der Waals surface area contributed by atoms with E-state index in [1.54, 1.807) is 0 Å². The molecule has 1 rings (SSSR count). The molecule has 3 heteroatoms. The average molecular weight is 237 g/mol. The van der Waals surface area contributed by atoms with Gasteiger partial charge in [-0.05, 0) is 39.4 Å². The lowest BCUT2D eigenvalue weighted by Crippen LogP contribution is -2.46.